The van der Waals surface area contributed by atoms with E-state index in [2.05, 4.69) is 4.98 Å². The van der Waals surface area contributed by atoms with Crippen LogP contribution in [0.25, 0.3) is 22.0 Å². The molecule has 0 unspecified atom stereocenters. The zero-order chi connectivity index (χ0) is 23.0. The lowest BCUT2D eigenvalue weighted by Gasteiger charge is -2.25. The Morgan fingerprint density at radius 1 is 1.09 bits per heavy atom. The third-order valence-corrected chi connectivity index (χ3v) is 7.92. The Morgan fingerprint density at radius 2 is 1.88 bits per heavy atom. The number of hydrogen-bond acceptors (Lipinski definition) is 6. The van der Waals surface area contributed by atoms with Crippen molar-refractivity contribution in [3.05, 3.63) is 60.1 Å². The van der Waals surface area contributed by atoms with Crippen LogP contribution in [0, 0.1) is 0 Å². The molecule has 9 heteroatoms. The quantitative estimate of drug-likeness (QED) is 0.392. The molecule has 1 aliphatic heterocycles. The van der Waals surface area contributed by atoms with E-state index in [0.29, 0.717) is 36.6 Å². The monoisotopic (exact) mass is 467 g/mol. The number of ether oxygens (including phenoxy) is 1. The van der Waals surface area contributed by atoms with Gasteiger partial charge in [-0.3, -0.25) is 0 Å². The molecule has 0 N–H and O–H groups in total. The second-order valence-corrected chi connectivity index (χ2v) is 10.1. The van der Waals surface area contributed by atoms with Gasteiger partial charge >= 0.3 is 5.97 Å². The standard InChI is InChI=1S/C24H25N3O5S/c1-2-27-20-11-10-18(33(29,30)26-12-6-3-7-13-26)15-19(20)25-23(27)16-31-24(28)22-14-17-8-4-5-9-21(17)32-22/h4-5,8-11,14-15H,2-3,6-7,12-13,16H2,1H3. The summed E-state index contributed by atoms with van der Waals surface area (Å²) in [7, 11) is -3.55. The summed E-state index contributed by atoms with van der Waals surface area (Å²) in [6.07, 6.45) is 2.82. The van der Waals surface area contributed by atoms with Crippen molar-refractivity contribution >= 4 is 38.0 Å². The summed E-state index contributed by atoms with van der Waals surface area (Å²) in [6.45, 7) is 3.61. The van der Waals surface area contributed by atoms with Crippen LogP contribution < -0.4 is 0 Å². The average molecular weight is 468 g/mol. The van der Waals surface area contributed by atoms with Crippen LogP contribution in [0.1, 0.15) is 42.6 Å². The van der Waals surface area contributed by atoms with E-state index in [1.807, 2.05) is 29.7 Å². The molecule has 4 aromatic rings. The largest absolute Gasteiger partial charge is 0.452 e. The van der Waals surface area contributed by atoms with E-state index in [4.69, 9.17) is 9.15 Å². The number of nitrogens with zero attached hydrogens (tertiary/aromatic N) is 3. The molecule has 0 radical (unpaired) electrons. The van der Waals surface area contributed by atoms with Crippen LogP contribution in [0.5, 0.6) is 0 Å². The van der Waals surface area contributed by atoms with E-state index in [1.165, 1.54) is 0 Å². The molecular weight excluding hydrogens is 442 g/mol. The number of esters is 1. The van der Waals surface area contributed by atoms with Gasteiger partial charge in [-0.2, -0.15) is 4.31 Å². The average Bonchev–Trinajstić information content (AvgIpc) is 3.43. The fourth-order valence-corrected chi connectivity index (χ4v) is 5.86. The number of piperidine rings is 1. The molecule has 0 saturated carbocycles. The maximum Gasteiger partial charge on any atom is 0.374 e. The van der Waals surface area contributed by atoms with E-state index in [-0.39, 0.29) is 17.3 Å². The molecule has 33 heavy (non-hydrogen) atoms. The first kappa shape index (κ1) is 21.7. The van der Waals surface area contributed by atoms with Crippen molar-refractivity contribution in [3.63, 3.8) is 0 Å². The molecule has 0 aliphatic carbocycles. The maximum absolute atomic E-state index is 13.0. The van der Waals surface area contributed by atoms with Crippen LogP contribution >= 0.6 is 0 Å². The van der Waals surface area contributed by atoms with Gasteiger partial charge in [0.1, 0.15) is 18.0 Å². The van der Waals surface area contributed by atoms with Gasteiger partial charge < -0.3 is 13.7 Å². The summed E-state index contributed by atoms with van der Waals surface area (Å²) in [5, 5.41) is 0.827. The van der Waals surface area contributed by atoms with Crippen molar-refractivity contribution in [1.29, 1.82) is 0 Å². The second kappa shape index (κ2) is 8.64. The predicted octanol–water partition coefficient (Wildman–Crippen LogP) is 4.33. The minimum atomic E-state index is -3.55. The number of carbonyl (C=O) groups is 1. The van der Waals surface area contributed by atoms with Gasteiger partial charge in [0, 0.05) is 25.0 Å². The molecule has 2 aromatic carbocycles. The van der Waals surface area contributed by atoms with Crippen molar-refractivity contribution < 1.29 is 22.4 Å². The number of hydrogen-bond donors (Lipinski definition) is 0. The van der Waals surface area contributed by atoms with E-state index >= 15 is 0 Å². The Bertz CT molecular complexity index is 1400. The Hall–Kier alpha value is -3.17. The lowest BCUT2D eigenvalue weighted by molar-refractivity contribution is 0.0425. The minimum Gasteiger partial charge on any atom is -0.452 e. The second-order valence-electron chi connectivity index (χ2n) is 8.11. The lowest BCUT2D eigenvalue weighted by atomic mass is 10.2. The number of imidazole rings is 1. The Kier molecular flexibility index (Phi) is 5.67. The highest BCUT2D eigenvalue weighted by Gasteiger charge is 2.27. The molecule has 0 bridgehead atoms. The predicted molar refractivity (Wildman–Crippen MR) is 123 cm³/mol. The fraction of sp³-hybridized carbons (Fsp3) is 0.333. The van der Waals surface area contributed by atoms with Gasteiger partial charge in [0.25, 0.3) is 0 Å². The number of fused-ring (bicyclic) bond motifs is 2. The number of furan rings is 1. The van der Waals surface area contributed by atoms with Crippen LogP contribution in [0.3, 0.4) is 0 Å². The van der Waals surface area contributed by atoms with Gasteiger partial charge in [0.05, 0.1) is 15.9 Å². The molecule has 0 atom stereocenters. The smallest absolute Gasteiger partial charge is 0.374 e. The van der Waals surface area contributed by atoms with Crippen molar-refractivity contribution in [3.8, 4) is 0 Å². The number of carbonyl (C=O) groups excluding carboxylic acids is 1. The van der Waals surface area contributed by atoms with Crippen LogP contribution in [-0.4, -0.2) is 41.3 Å². The summed E-state index contributed by atoms with van der Waals surface area (Å²) >= 11 is 0. The van der Waals surface area contributed by atoms with Gasteiger partial charge in [-0.05, 0) is 50.1 Å². The molecule has 0 amide bonds. The number of sulfonamides is 1. The third-order valence-electron chi connectivity index (χ3n) is 6.03. The van der Waals surface area contributed by atoms with Gasteiger partial charge in [0.15, 0.2) is 0 Å². The molecule has 5 rings (SSSR count). The third kappa shape index (κ3) is 4.02. The van der Waals surface area contributed by atoms with E-state index in [9.17, 15) is 13.2 Å². The first-order chi connectivity index (χ1) is 16.0. The summed E-state index contributed by atoms with van der Waals surface area (Å²) in [5.74, 6) is 0.101. The first-order valence-corrected chi connectivity index (χ1v) is 12.6. The van der Waals surface area contributed by atoms with Gasteiger partial charge in [-0.25, -0.2) is 18.2 Å². The highest BCUT2D eigenvalue weighted by Crippen LogP contribution is 2.26. The molecule has 8 nitrogen and oxygen atoms in total. The number of rotatable bonds is 6. The van der Waals surface area contributed by atoms with Crippen molar-refractivity contribution in [1.82, 2.24) is 13.9 Å². The molecule has 1 aliphatic rings. The van der Waals surface area contributed by atoms with Gasteiger partial charge in [0.2, 0.25) is 15.8 Å². The highest BCUT2D eigenvalue weighted by molar-refractivity contribution is 7.89. The van der Waals surface area contributed by atoms with E-state index in [0.717, 1.165) is 30.2 Å². The molecule has 2 aromatic heterocycles. The fourth-order valence-electron chi connectivity index (χ4n) is 4.32. The molecule has 1 fully saturated rings. The first-order valence-electron chi connectivity index (χ1n) is 11.1. The van der Waals surface area contributed by atoms with Gasteiger partial charge in [-0.15, -0.1) is 0 Å². The molecule has 3 heterocycles. The van der Waals surface area contributed by atoms with Crippen molar-refractivity contribution in [2.45, 2.75) is 44.2 Å². The minimum absolute atomic E-state index is 0.0490. The van der Waals surface area contributed by atoms with Crippen molar-refractivity contribution in [2.75, 3.05) is 13.1 Å². The maximum atomic E-state index is 13.0. The summed E-state index contributed by atoms with van der Waals surface area (Å²) in [6, 6.07) is 14.0. The van der Waals surface area contributed by atoms with E-state index < -0.39 is 16.0 Å². The van der Waals surface area contributed by atoms with Crippen LogP contribution in [0.4, 0.5) is 0 Å². The topological polar surface area (TPSA) is 94.6 Å². The molecular formula is C24H25N3O5S. The normalized spacial score (nSPS) is 15.3. The Balaban J connectivity index is 1.39. The van der Waals surface area contributed by atoms with Crippen LogP contribution in [0.15, 0.2) is 57.8 Å². The zero-order valence-electron chi connectivity index (χ0n) is 18.4. The number of aryl methyl sites for hydroxylation is 1. The summed E-state index contributed by atoms with van der Waals surface area (Å²) in [4.78, 5) is 17.3. The van der Waals surface area contributed by atoms with Crippen molar-refractivity contribution in [2.24, 2.45) is 0 Å². The van der Waals surface area contributed by atoms with E-state index in [1.54, 1.807) is 34.6 Å². The molecule has 1 saturated heterocycles. The Morgan fingerprint density at radius 3 is 2.64 bits per heavy atom. The number of para-hydroxylation sites is 1. The highest BCUT2D eigenvalue weighted by atomic mass is 32.2. The van der Waals surface area contributed by atoms with Crippen LogP contribution in [-0.2, 0) is 27.9 Å². The summed E-state index contributed by atoms with van der Waals surface area (Å²) < 4.78 is 40.6. The van der Waals surface area contributed by atoms with Crippen LogP contribution in [0.2, 0.25) is 0 Å². The molecule has 172 valence electrons. The molecule has 0 spiro atoms. The lowest BCUT2D eigenvalue weighted by Crippen LogP contribution is -2.35. The zero-order valence-corrected chi connectivity index (χ0v) is 19.2. The van der Waals surface area contributed by atoms with Gasteiger partial charge in [-0.1, -0.05) is 24.6 Å². The SMILES string of the molecule is CCn1c(COC(=O)c2cc3ccccc3o2)nc2cc(S(=O)(=O)N3CCCCC3)ccc21. The number of aromatic nitrogens is 2. The Labute approximate surface area is 191 Å². The summed E-state index contributed by atoms with van der Waals surface area (Å²) in [5.41, 5.74) is 1.97. The number of benzene rings is 2.